The lowest BCUT2D eigenvalue weighted by molar-refractivity contribution is -0.384. The average Bonchev–Trinajstić information content (AvgIpc) is 2.80. The van der Waals surface area contributed by atoms with Crippen LogP contribution in [0.4, 0.5) is 5.69 Å². The van der Waals surface area contributed by atoms with Crippen LogP contribution in [-0.2, 0) is 0 Å². The van der Waals surface area contributed by atoms with Gasteiger partial charge in [0, 0.05) is 22.2 Å². The van der Waals surface area contributed by atoms with E-state index in [2.05, 4.69) is 15.9 Å². The Morgan fingerprint density at radius 2 is 2.24 bits per heavy atom. The molecule has 0 saturated carbocycles. The van der Waals surface area contributed by atoms with E-state index in [4.69, 9.17) is 0 Å². The molecule has 0 bridgehead atoms. The van der Waals surface area contributed by atoms with Gasteiger partial charge in [0.1, 0.15) is 0 Å². The maximum Gasteiger partial charge on any atom is 0.271 e. The fraction of sp³-hybridized carbons (Fsp3) is 0.364. The van der Waals surface area contributed by atoms with Crippen molar-refractivity contribution in [1.82, 2.24) is 0 Å². The highest BCUT2D eigenvalue weighted by molar-refractivity contribution is 9.10. The zero-order valence-electron chi connectivity index (χ0n) is 8.89. The molecule has 17 heavy (non-hydrogen) atoms. The van der Waals surface area contributed by atoms with Gasteiger partial charge in [-0.25, -0.2) is 0 Å². The van der Waals surface area contributed by atoms with E-state index in [9.17, 15) is 14.9 Å². The molecule has 2 rings (SSSR count). The summed E-state index contributed by atoms with van der Waals surface area (Å²) < 4.78 is 0.568. The number of halogens is 1. The zero-order chi connectivity index (χ0) is 12.4. The third kappa shape index (κ3) is 2.87. The number of thioether (sulfide) groups is 1. The molecule has 0 aromatic heterocycles. The van der Waals surface area contributed by atoms with E-state index in [0.717, 1.165) is 18.6 Å². The van der Waals surface area contributed by atoms with Gasteiger partial charge in [-0.15, -0.1) is 0 Å². The molecule has 0 amide bonds. The summed E-state index contributed by atoms with van der Waals surface area (Å²) in [7, 11) is 0. The second-order valence-electron chi connectivity index (χ2n) is 3.82. The Morgan fingerprint density at radius 3 is 2.82 bits per heavy atom. The molecule has 0 radical (unpaired) electrons. The smallest absolute Gasteiger partial charge is 0.271 e. The molecular formula is C11H10BrNO3S. The lowest BCUT2D eigenvalue weighted by Crippen LogP contribution is -2.14. The number of hydrogen-bond donors (Lipinski definition) is 0. The number of ketones is 1. The minimum absolute atomic E-state index is 0.00287. The largest absolute Gasteiger partial charge is 0.293 e. The van der Waals surface area contributed by atoms with Gasteiger partial charge in [0.15, 0.2) is 5.78 Å². The van der Waals surface area contributed by atoms with Gasteiger partial charge in [-0.1, -0.05) is 15.9 Å². The van der Waals surface area contributed by atoms with Crippen LogP contribution in [0.15, 0.2) is 22.7 Å². The molecule has 1 aromatic rings. The van der Waals surface area contributed by atoms with Crippen LogP contribution in [0.1, 0.15) is 23.2 Å². The number of Topliss-reactive ketones (excluding diaryl/α,β-unsaturated/α-hetero) is 1. The van der Waals surface area contributed by atoms with Crippen molar-refractivity contribution < 1.29 is 9.72 Å². The maximum atomic E-state index is 12.1. The Kier molecular flexibility index (Phi) is 3.83. The molecule has 1 saturated heterocycles. The Morgan fingerprint density at radius 1 is 1.47 bits per heavy atom. The molecule has 90 valence electrons. The molecule has 0 spiro atoms. The van der Waals surface area contributed by atoms with Crippen LogP contribution >= 0.6 is 27.7 Å². The number of carbonyl (C=O) groups excluding carboxylic acids is 1. The number of nitro groups is 1. The van der Waals surface area contributed by atoms with E-state index in [1.54, 1.807) is 17.8 Å². The monoisotopic (exact) mass is 315 g/mol. The molecule has 1 aromatic carbocycles. The normalized spacial score (nSPS) is 19.2. The van der Waals surface area contributed by atoms with Crippen molar-refractivity contribution in [2.45, 2.75) is 18.1 Å². The Bertz CT molecular complexity index is 472. The molecule has 1 atom stereocenters. The topological polar surface area (TPSA) is 60.2 Å². The number of rotatable bonds is 3. The van der Waals surface area contributed by atoms with Crippen LogP contribution in [0.3, 0.4) is 0 Å². The highest BCUT2D eigenvalue weighted by Gasteiger charge is 2.25. The van der Waals surface area contributed by atoms with Crippen LogP contribution in [0, 0.1) is 10.1 Å². The summed E-state index contributed by atoms with van der Waals surface area (Å²) in [4.78, 5) is 22.3. The highest BCUT2D eigenvalue weighted by Crippen LogP contribution is 2.31. The van der Waals surface area contributed by atoms with Gasteiger partial charge in [0.25, 0.3) is 5.69 Å². The van der Waals surface area contributed by atoms with Crippen molar-refractivity contribution >= 4 is 39.2 Å². The van der Waals surface area contributed by atoms with Crippen molar-refractivity contribution in [3.63, 3.8) is 0 Å². The third-order valence-corrected chi connectivity index (χ3v) is 4.43. The van der Waals surface area contributed by atoms with Crippen molar-refractivity contribution in [1.29, 1.82) is 0 Å². The van der Waals surface area contributed by atoms with Gasteiger partial charge in [0.2, 0.25) is 0 Å². The summed E-state index contributed by atoms with van der Waals surface area (Å²) in [5.41, 5.74) is 0.371. The Balaban J connectivity index is 2.31. The maximum absolute atomic E-state index is 12.1. The predicted molar refractivity (Wildman–Crippen MR) is 70.6 cm³/mol. The number of carbonyl (C=O) groups is 1. The molecule has 0 N–H and O–H groups in total. The molecule has 1 heterocycles. The number of benzene rings is 1. The third-order valence-electron chi connectivity index (χ3n) is 2.60. The second-order valence-corrected chi connectivity index (χ2v) is 6.05. The Labute approximate surface area is 111 Å². The fourth-order valence-electron chi connectivity index (χ4n) is 1.79. The van der Waals surface area contributed by atoms with Crippen molar-refractivity contribution in [3.05, 3.63) is 38.3 Å². The fourth-order valence-corrected chi connectivity index (χ4v) is 3.51. The first-order valence-corrected chi connectivity index (χ1v) is 7.03. The number of nitrogens with zero attached hydrogens (tertiary/aromatic N) is 1. The first-order chi connectivity index (χ1) is 8.08. The van der Waals surface area contributed by atoms with Crippen molar-refractivity contribution in [3.8, 4) is 0 Å². The number of nitro benzene ring substituents is 1. The van der Waals surface area contributed by atoms with Gasteiger partial charge in [-0.2, -0.15) is 11.8 Å². The van der Waals surface area contributed by atoms with Crippen molar-refractivity contribution in [2.24, 2.45) is 0 Å². The standard InChI is InChI=1S/C11H10BrNO3S/c12-8-4-7(5-9(6-8)13(15)16)11(14)10-2-1-3-17-10/h4-6,10H,1-3H2. The minimum Gasteiger partial charge on any atom is -0.293 e. The summed E-state index contributed by atoms with van der Waals surface area (Å²) >= 11 is 4.83. The van der Waals surface area contributed by atoms with E-state index < -0.39 is 4.92 Å². The first-order valence-electron chi connectivity index (χ1n) is 5.19. The quantitative estimate of drug-likeness (QED) is 0.487. The average molecular weight is 316 g/mol. The second kappa shape index (κ2) is 5.18. The zero-order valence-corrected chi connectivity index (χ0v) is 11.3. The minimum atomic E-state index is -0.483. The van der Waals surface area contributed by atoms with E-state index in [1.807, 2.05) is 0 Å². The molecule has 1 aliphatic rings. The van der Waals surface area contributed by atoms with Gasteiger partial charge in [0.05, 0.1) is 10.2 Å². The summed E-state index contributed by atoms with van der Waals surface area (Å²) in [5, 5.41) is 10.7. The summed E-state index contributed by atoms with van der Waals surface area (Å²) in [5.74, 6) is 0.990. The van der Waals surface area contributed by atoms with Crippen LogP contribution in [-0.4, -0.2) is 21.7 Å². The lowest BCUT2D eigenvalue weighted by Gasteiger charge is -2.07. The van der Waals surface area contributed by atoms with Crippen LogP contribution < -0.4 is 0 Å². The van der Waals surface area contributed by atoms with E-state index in [1.165, 1.54) is 12.1 Å². The van der Waals surface area contributed by atoms with Crippen LogP contribution in [0.25, 0.3) is 0 Å². The highest BCUT2D eigenvalue weighted by atomic mass is 79.9. The molecule has 6 heteroatoms. The molecular weight excluding hydrogens is 306 g/mol. The van der Waals surface area contributed by atoms with E-state index in [-0.39, 0.29) is 16.7 Å². The summed E-state index contributed by atoms with van der Waals surface area (Å²) in [6, 6.07) is 4.40. The molecule has 1 aliphatic heterocycles. The molecule has 1 fully saturated rings. The predicted octanol–water partition coefficient (Wildman–Crippen LogP) is 3.44. The van der Waals surface area contributed by atoms with E-state index >= 15 is 0 Å². The molecule has 1 unspecified atom stereocenters. The van der Waals surface area contributed by atoms with Gasteiger partial charge < -0.3 is 0 Å². The van der Waals surface area contributed by atoms with Gasteiger partial charge >= 0.3 is 0 Å². The first kappa shape index (κ1) is 12.6. The van der Waals surface area contributed by atoms with E-state index in [0.29, 0.717) is 10.0 Å². The summed E-state index contributed by atoms with van der Waals surface area (Å²) in [6.45, 7) is 0. The lowest BCUT2D eigenvalue weighted by atomic mass is 10.1. The summed E-state index contributed by atoms with van der Waals surface area (Å²) in [6.07, 6.45) is 1.90. The van der Waals surface area contributed by atoms with Crippen LogP contribution in [0.5, 0.6) is 0 Å². The van der Waals surface area contributed by atoms with Gasteiger partial charge in [-0.05, 0) is 24.7 Å². The Hall–Kier alpha value is -0.880. The molecule has 4 nitrogen and oxygen atoms in total. The van der Waals surface area contributed by atoms with Crippen LogP contribution in [0.2, 0.25) is 0 Å². The van der Waals surface area contributed by atoms with Gasteiger partial charge in [-0.3, -0.25) is 14.9 Å². The number of non-ortho nitro benzene ring substituents is 1. The SMILES string of the molecule is O=C(c1cc(Br)cc([N+](=O)[O-])c1)C1CCCS1. The molecule has 0 aliphatic carbocycles. The van der Waals surface area contributed by atoms with Crippen molar-refractivity contribution in [2.75, 3.05) is 5.75 Å². The number of hydrogen-bond acceptors (Lipinski definition) is 4.